The molecule has 0 radical (unpaired) electrons. The van der Waals surface area contributed by atoms with Gasteiger partial charge in [0.2, 0.25) is 5.91 Å². The van der Waals surface area contributed by atoms with Crippen molar-refractivity contribution in [3.63, 3.8) is 0 Å². The lowest BCUT2D eigenvalue weighted by atomic mass is 10.1. The fourth-order valence-electron chi connectivity index (χ4n) is 2.82. The number of anilines is 1. The first-order valence-corrected chi connectivity index (χ1v) is 10.2. The van der Waals surface area contributed by atoms with E-state index in [1.807, 2.05) is 0 Å². The molecule has 0 atom stereocenters. The van der Waals surface area contributed by atoms with Crippen LogP contribution in [0.2, 0.25) is 5.02 Å². The van der Waals surface area contributed by atoms with Crippen molar-refractivity contribution in [2.75, 3.05) is 11.9 Å². The van der Waals surface area contributed by atoms with E-state index in [0.29, 0.717) is 11.3 Å². The Bertz CT molecular complexity index is 1230. The number of nitrogens with one attached hydrogen (secondary N) is 2. The zero-order chi connectivity index (χ0) is 24.5. The van der Waals surface area contributed by atoms with E-state index in [2.05, 4.69) is 15.8 Å². The maximum absolute atomic E-state index is 12.9. The second-order valence-electron chi connectivity index (χ2n) is 6.89. The molecule has 11 heteroatoms. The van der Waals surface area contributed by atoms with Crippen LogP contribution in [-0.2, 0) is 16.0 Å². The van der Waals surface area contributed by atoms with Gasteiger partial charge in [0.15, 0.2) is 6.61 Å². The first-order chi connectivity index (χ1) is 16.3. The van der Waals surface area contributed by atoms with E-state index in [1.165, 1.54) is 60.8 Å². The molecule has 0 fully saturated rings. The minimum Gasteiger partial charge on any atom is -0.482 e. The number of hydrazone groups is 1. The zero-order valence-corrected chi connectivity index (χ0v) is 18.3. The summed E-state index contributed by atoms with van der Waals surface area (Å²) in [5.41, 5.74) is 3.40. The Morgan fingerprint density at radius 3 is 2.53 bits per heavy atom. The number of benzene rings is 3. The third kappa shape index (κ3) is 7.10. The van der Waals surface area contributed by atoms with Gasteiger partial charge < -0.3 is 10.1 Å². The topological polar surface area (TPSA) is 123 Å². The van der Waals surface area contributed by atoms with Crippen LogP contribution in [0.1, 0.15) is 11.1 Å². The van der Waals surface area contributed by atoms with Crippen LogP contribution in [0, 0.1) is 15.9 Å². The third-order valence-corrected chi connectivity index (χ3v) is 4.68. The number of amides is 2. The zero-order valence-electron chi connectivity index (χ0n) is 17.5. The summed E-state index contributed by atoms with van der Waals surface area (Å²) in [4.78, 5) is 34.5. The number of ether oxygens (including phenoxy) is 1. The largest absolute Gasteiger partial charge is 0.482 e. The van der Waals surface area contributed by atoms with Crippen molar-refractivity contribution in [3.05, 3.63) is 98.8 Å². The molecule has 0 aliphatic heterocycles. The van der Waals surface area contributed by atoms with Crippen LogP contribution in [0.5, 0.6) is 5.75 Å². The summed E-state index contributed by atoms with van der Waals surface area (Å²) >= 11 is 6.18. The van der Waals surface area contributed by atoms with Crippen LogP contribution in [0.15, 0.2) is 71.8 Å². The Morgan fingerprint density at radius 1 is 1.09 bits per heavy atom. The number of rotatable bonds is 9. The summed E-state index contributed by atoms with van der Waals surface area (Å²) in [7, 11) is 0. The van der Waals surface area contributed by atoms with Crippen molar-refractivity contribution < 1.29 is 23.6 Å². The first-order valence-electron chi connectivity index (χ1n) is 9.84. The van der Waals surface area contributed by atoms with Crippen LogP contribution >= 0.6 is 11.6 Å². The number of para-hydroxylation sites is 1. The standard InChI is InChI=1S/C23H18ClFN4O5/c24-19-11-15(13-26-28-22(30)12-16-3-1-2-4-20(16)29(32)33)5-10-21(19)34-14-23(31)27-18-8-6-17(25)7-9-18/h1-11,13H,12,14H2,(H,27,31)(H,28,30)/b26-13+. The van der Waals surface area contributed by atoms with Crippen LogP contribution in [0.25, 0.3) is 0 Å². The summed E-state index contributed by atoms with van der Waals surface area (Å²) in [6.45, 7) is -0.313. The molecule has 0 saturated carbocycles. The Labute approximate surface area is 198 Å². The molecule has 0 aliphatic carbocycles. The lowest BCUT2D eigenvalue weighted by molar-refractivity contribution is -0.385. The second-order valence-corrected chi connectivity index (χ2v) is 7.30. The van der Waals surface area contributed by atoms with Crippen molar-refractivity contribution in [2.45, 2.75) is 6.42 Å². The van der Waals surface area contributed by atoms with Gasteiger partial charge in [-0.25, -0.2) is 9.82 Å². The van der Waals surface area contributed by atoms with Gasteiger partial charge in [0.1, 0.15) is 11.6 Å². The Morgan fingerprint density at radius 2 is 1.82 bits per heavy atom. The summed E-state index contributed by atoms with van der Waals surface area (Å²) in [6, 6.07) is 15.9. The number of nitro benzene ring substituents is 1. The molecule has 3 rings (SSSR count). The van der Waals surface area contributed by atoms with Crippen molar-refractivity contribution in [1.29, 1.82) is 0 Å². The van der Waals surface area contributed by atoms with Crippen LogP contribution < -0.4 is 15.5 Å². The minimum atomic E-state index is -0.552. The third-order valence-electron chi connectivity index (χ3n) is 4.38. The SMILES string of the molecule is O=C(Cc1ccccc1[N+](=O)[O-])N/N=C/c1ccc(OCC(=O)Nc2ccc(F)cc2)c(Cl)c1. The number of carbonyl (C=O) groups excluding carboxylic acids is 2. The van der Waals surface area contributed by atoms with Gasteiger partial charge in [0.05, 0.1) is 22.6 Å². The van der Waals surface area contributed by atoms with E-state index in [0.717, 1.165) is 0 Å². The minimum absolute atomic E-state index is 0.143. The van der Waals surface area contributed by atoms with Gasteiger partial charge in [-0.2, -0.15) is 5.10 Å². The lowest BCUT2D eigenvalue weighted by Gasteiger charge is -2.09. The summed E-state index contributed by atoms with van der Waals surface area (Å²) in [5.74, 6) is -1.13. The molecule has 9 nitrogen and oxygen atoms in total. The molecule has 0 bridgehead atoms. The summed E-state index contributed by atoms with van der Waals surface area (Å²) < 4.78 is 18.3. The summed E-state index contributed by atoms with van der Waals surface area (Å²) in [6.07, 6.45) is 1.14. The van der Waals surface area contributed by atoms with Crippen molar-refractivity contribution in [3.8, 4) is 5.75 Å². The van der Waals surface area contributed by atoms with E-state index >= 15 is 0 Å². The molecule has 3 aromatic carbocycles. The molecule has 0 unspecified atom stereocenters. The Balaban J connectivity index is 1.50. The maximum Gasteiger partial charge on any atom is 0.273 e. The van der Waals surface area contributed by atoms with Crippen molar-refractivity contribution in [1.82, 2.24) is 5.43 Å². The Hall–Kier alpha value is -4.31. The predicted molar refractivity (Wildman–Crippen MR) is 125 cm³/mol. The monoisotopic (exact) mass is 484 g/mol. The molecule has 3 aromatic rings. The molecular formula is C23H18ClFN4O5. The van der Waals surface area contributed by atoms with E-state index in [9.17, 15) is 24.1 Å². The number of hydrogen-bond acceptors (Lipinski definition) is 6. The lowest BCUT2D eigenvalue weighted by Crippen LogP contribution is -2.20. The molecule has 0 aliphatic rings. The Kier molecular flexibility index (Phi) is 8.25. The fourth-order valence-corrected chi connectivity index (χ4v) is 3.06. The first kappa shape index (κ1) is 24.3. The van der Waals surface area contributed by atoms with Crippen molar-refractivity contribution >= 4 is 41.0 Å². The average Bonchev–Trinajstić information content (AvgIpc) is 2.80. The van der Waals surface area contributed by atoms with Gasteiger partial charge in [-0.3, -0.25) is 19.7 Å². The molecule has 2 amide bonds. The van der Waals surface area contributed by atoms with Crippen LogP contribution in [0.3, 0.4) is 0 Å². The highest BCUT2D eigenvalue weighted by atomic mass is 35.5. The number of nitrogens with zero attached hydrogens (tertiary/aromatic N) is 2. The number of nitro groups is 1. The van der Waals surface area contributed by atoms with Gasteiger partial charge in [0.25, 0.3) is 11.6 Å². The van der Waals surface area contributed by atoms with E-state index in [-0.39, 0.29) is 35.1 Å². The smallest absolute Gasteiger partial charge is 0.273 e. The van der Waals surface area contributed by atoms with Gasteiger partial charge in [-0.05, 0) is 48.0 Å². The average molecular weight is 485 g/mol. The molecule has 0 saturated heterocycles. The maximum atomic E-state index is 12.9. The van der Waals surface area contributed by atoms with Gasteiger partial charge >= 0.3 is 0 Å². The van der Waals surface area contributed by atoms with Crippen LogP contribution in [0.4, 0.5) is 15.8 Å². The number of carbonyl (C=O) groups is 2. The highest BCUT2D eigenvalue weighted by molar-refractivity contribution is 6.32. The highest BCUT2D eigenvalue weighted by Gasteiger charge is 2.15. The number of halogens is 2. The predicted octanol–water partition coefficient (Wildman–Crippen LogP) is 4.10. The molecule has 2 N–H and O–H groups in total. The van der Waals surface area contributed by atoms with Gasteiger partial charge in [-0.1, -0.05) is 29.8 Å². The van der Waals surface area contributed by atoms with Gasteiger partial charge in [0, 0.05) is 17.3 Å². The molecule has 174 valence electrons. The van der Waals surface area contributed by atoms with Crippen LogP contribution in [-0.4, -0.2) is 29.6 Å². The van der Waals surface area contributed by atoms with E-state index in [4.69, 9.17) is 16.3 Å². The molecule has 0 heterocycles. The highest BCUT2D eigenvalue weighted by Crippen LogP contribution is 2.25. The quantitative estimate of drug-likeness (QED) is 0.269. The molecule has 0 spiro atoms. The second kappa shape index (κ2) is 11.5. The number of hydrogen-bond donors (Lipinski definition) is 2. The molecular weight excluding hydrogens is 467 g/mol. The van der Waals surface area contributed by atoms with Gasteiger partial charge in [-0.15, -0.1) is 0 Å². The van der Waals surface area contributed by atoms with E-state index in [1.54, 1.807) is 12.1 Å². The van der Waals surface area contributed by atoms with E-state index < -0.39 is 22.6 Å². The molecule has 0 aromatic heterocycles. The molecule has 34 heavy (non-hydrogen) atoms. The normalized spacial score (nSPS) is 10.6. The summed E-state index contributed by atoms with van der Waals surface area (Å²) in [5, 5.41) is 17.6. The fraction of sp³-hybridized carbons (Fsp3) is 0.0870. The van der Waals surface area contributed by atoms with Crippen molar-refractivity contribution in [2.24, 2.45) is 5.10 Å².